The zero-order valence-electron chi connectivity index (χ0n) is 21.4. The number of carbonyl (C=O) groups is 3. The van der Waals surface area contributed by atoms with E-state index in [4.69, 9.17) is 23.2 Å². The van der Waals surface area contributed by atoms with Crippen LogP contribution in [0.4, 0.5) is 11.4 Å². The summed E-state index contributed by atoms with van der Waals surface area (Å²) in [5, 5.41) is 8.97. The van der Waals surface area contributed by atoms with E-state index >= 15 is 0 Å². The molecule has 3 amide bonds. The van der Waals surface area contributed by atoms with Crippen LogP contribution >= 0.6 is 35.0 Å². The van der Waals surface area contributed by atoms with Crippen molar-refractivity contribution >= 4 is 70.1 Å². The number of halogens is 2. The SMILES string of the molecule is Cc1cccc(/C=C(\NC(=O)c2ccccc2)C(=O)Nc2ccc(SCC(=O)Nc3cccc(Cl)c3Cl)cc2)c1. The Hall–Kier alpha value is -4.04. The van der Waals surface area contributed by atoms with Crippen LogP contribution in [-0.4, -0.2) is 23.5 Å². The molecule has 40 heavy (non-hydrogen) atoms. The fourth-order valence-corrected chi connectivity index (χ4v) is 4.68. The van der Waals surface area contributed by atoms with E-state index in [9.17, 15) is 14.4 Å². The van der Waals surface area contributed by atoms with Gasteiger partial charge in [0.25, 0.3) is 11.8 Å². The van der Waals surface area contributed by atoms with Gasteiger partial charge >= 0.3 is 0 Å². The molecule has 0 aliphatic rings. The first-order valence-corrected chi connectivity index (χ1v) is 14.0. The number of carbonyl (C=O) groups excluding carboxylic acids is 3. The molecule has 0 heterocycles. The number of nitrogens with one attached hydrogen (secondary N) is 3. The van der Waals surface area contributed by atoms with Crippen LogP contribution in [0.25, 0.3) is 6.08 Å². The number of amides is 3. The minimum Gasteiger partial charge on any atom is -0.324 e. The summed E-state index contributed by atoms with van der Waals surface area (Å²) in [6.45, 7) is 1.95. The zero-order valence-corrected chi connectivity index (χ0v) is 23.7. The van der Waals surface area contributed by atoms with Crippen LogP contribution in [0.1, 0.15) is 21.5 Å². The molecule has 3 N–H and O–H groups in total. The van der Waals surface area contributed by atoms with E-state index in [0.717, 1.165) is 16.0 Å². The molecule has 0 spiro atoms. The number of aryl methyl sites for hydroxylation is 1. The Bertz CT molecular complexity index is 1560. The minimum absolute atomic E-state index is 0.106. The second kappa shape index (κ2) is 13.8. The van der Waals surface area contributed by atoms with Crippen LogP contribution in [0.3, 0.4) is 0 Å². The van der Waals surface area contributed by atoms with Crippen molar-refractivity contribution in [2.45, 2.75) is 11.8 Å². The van der Waals surface area contributed by atoms with Gasteiger partial charge in [0.2, 0.25) is 5.91 Å². The van der Waals surface area contributed by atoms with Gasteiger partial charge in [0.15, 0.2) is 0 Å². The highest BCUT2D eigenvalue weighted by molar-refractivity contribution is 8.00. The largest absolute Gasteiger partial charge is 0.324 e. The van der Waals surface area contributed by atoms with Crippen molar-refractivity contribution in [1.29, 1.82) is 0 Å². The summed E-state index contributed by atoms with van der Waals surface area (Å²) in [7, 11) is 0. The van der Waals surface area contributed by atoms with Gasteiger partial charge in [-0.3, -0.25) is 14.4 Å². The molecule has 0 aliphatic carbocycles. The molecule has 4 rings (SSSR count). The van der Waals surface area contributed by atoms with E-state index in [0.29, 0.717) is 27.0 Å². The van der Waals surface area contributed by atoms with Crippen molar-refractivity contribution in [3.05, 3.63) is 129 Å². The second-order valence-corrected chi connectivity index (χ2v) is 10.5. The van der Waals surface area contributed by atoms with E-state index in [1.807, 2.05) is 37.3 Å². The highest BCUT2D eigenvalue weighted by Crippen LogP contribution is 2.30. The molecule has 0 fully saturated rings. The van der Waals surface area contributed by atoms with Crippen LogP contribution in [0.2, 0.25) is 10.0 Å². The number of anilines is 2. The first-order valence-electron chi connectivity index (χ1n) is 12.2. The molecule has 0 bridgehead atoms. The van der Waals surface area contributed by atoms with Crippen LogP contribution in [0, 0.1) is 6.92 Å². The van der Waals surface area contributed by atoms with E-state index in [1.165, 1.54) is 11.8 Å². The topological polar surface area (TPSA) is 87.3 Å². The molecular formula is C31H25Cl2N3O3S. The van der Waals surface area contributed by atoms with Crippen molar-refractivity contribution in [3.63, 3.8) is 0 Å². The number of benzene rings is 4. The van der Waals surface area contributed by atoms with E-state index in [1.54, 1.807) is 72.8 Å². The third kappa shape index (κ3) is 8.23. The molecule has 0 unspecified atom stereocenters. The predicted octanol–water partition coefficient (Wildman–Crippen LogP) is 7.44. The van der Waals surface area contributed by atoms with Crippen molar-refractivity contribution in [3.8, 4) is 0 Å². The summed E-state index contributed by atoms with van der Waals surface area (Å²) in [6.07, 6.45) is 1.64. The Balaban J connectivity index is 1.41. The third-order valence-corrected chi connectivity index (χ3v) is 7.42. The van der Waals surface area contributed by atoms with Crippen LogP contribution < -0.4 is 16.0 Å². The summed E-state index contributed by atoms with van der Waals surface area (Å²) < 4.78 is 0. The summed E-state index contributed by atoms with van der Waals surface area (Å²) in [6, 6.07) is 28.4. The van der Waals surface area contributed by atoms with Gasteiger partial charge in [-0.1, -0.05) is 77.3 Å². The minimum atomic E-state index is -0.469. The van der Waals surface area contributed by atoms with Crippen LogP contribution in [0.15, 0.2) is 108 Å². The lowest BCUT2D eigenvalue weighted by Crippen LogP contribution is -2.30. The first-order chi connectivity index (χ1) is 19.3. The first kappa shape index (κ1) is 29.0. The molecule has 0 saturated carbocycles. The quantitative estimate of drug-likeness (QED) is 0.140. The lowest BCUT2D eigenvalue weighted by atomic mass is 10.1. The summed E-state index contributed by atoms with van der Waals surface area (Å²) in [4.78, 5) is 39.2. The normalized spacial score (nSPS) is 11.0. The molecule has 0 aliphatic heterocycles. The zero-order chi connectivity index (χ0) is 28.5. The van der Waals surface area contributed by atoms with Gasteiger partial charge < -0.3 is 16.0 Å². The number of thioether (sulfide) groups is 1. The second-order valence-electron chi connectivity index (χ2n) is 8.71. The molecule has 9 heteroatoms. The third-order valence-electron chi connectivity index (χ3n) is 5.59. The fourth-order valence-electron chi connectivity index (χ4n) is 3.64. The van der Waals surface area contributed by atoms with Crippen molar-refractivity contribution in [2.24, 2.45) is 0 Å². The standard InChI is InChI=1S/C31H25Cl2N3O3S/c1-20-7-5-8-21(17-20)18-27(36-30(38)22-9-3-2-4-10-22)31(39)34-23-13-15-24(16-14-23)40-19-28(37)35-26-12-6-11-25(32)29(26)33/h2-18H,19H2,1H3,(H,34,39)(H,35,37)(H,36,38)/b27-18-. The Labute approximate surface area is 246 Å². The molecule has 0 atom stereocenters. The maximum Gasteiger partial charge on any atom is 0.272 e. The van der Waals surface area contributed by atoms with Gasteiger partial charge in [0, 0.05) is 16.1 Å². The summed E-state index contributed by atoms with van der Waals surface area (Å²) in [5.41, 5.74) is 3.34. The lowest BCUT2D eigenvalue weighted by Gasteiger charge is -2.12. The van der Waals surface area contributed by atoms with Gasteiger partial charge in [0.05, 0.1) is 21.5 Å². The predicted molar refractivity (Wildman–Crippen MR) is 164 cm³/mol. The molecule has 4 aromatic carbocycles. The molecule has 0 saturated heterocycles. The van der Waals surface area contributed by atoms with Crippen molar-refractivity contribution < 1.29 is 14.4 Å². The molecule has 202 valence electrons. The monoisotopic (exact) mass is 589 g/mol. The number of hydrogen-bond acceptors (Lipinski definition) is 4. The maximum atomic E-state index is 13.2. The molecule has 0 aromatic heterocycles. The van der Waals surface area contributed by atoms with E-state index in [2.05, 4.69) is 16.0 Å². The van der Waals surface area contributed by atoms with Crippen molar-refractivity contribution in [1.82, 2.24) is 5.32 Å². The molecule has 6 nitrogen and oxygen atoms in total. The molecule has 0 radical (unpaired) electrons. The Morgan fingerprint density at radius 3 is 2.27 bits per heavy atom. The van der Waals surface area contributed by atoms with Gasteiger partial charge in [-0.2, -0.15) is 0 Å². The van der Waals surface area contributed by atoms with Crippen LogP contribution in [-0.2, 0) is 9.59 Å². The fraction of sp³-hybridized carbons (Fsp3) is 0.0645. The highest BCUT2D eigenvalue weighted by Gasteiger charge is 2.15. The van der Waals surface area contributed by atoms with Gasteiger partial charge in [0.1, 0.15) is 5.70 Å². The lowest BCUT2D eigenvalue weighted by molar-refractivity contribution is -0.114. The Morgan fingerprint density at radius 2 is 1.55 bits per heavy atom. The maximum absolute atomic E-state index is 13.2. The summed E-state index contributed by atoms with van der Waals surface area (Å²) >= 11 is 13.5. The number of hydrogen-bond donors (Lipinski definition) is 3. The average molecular weight is 591 g/mol. The van der Waals surface area contributed by atoms with Gasteiger partial charge in [-0.15, -0.1) is 11.8 Å². The van der Waals surface area contributed by atoms with Gasteiger partial charge in [-0.05, 0) is 67.1 Å². The average Bonchev–Trinajstić information content (AvgIpc) is 2.95. The smallest absolute Gasteiger partial charge is 0.272 e. The van der Waals surface area contributed by atoms with E-state index < -0.39 is 11.8 Å². The number of rotatable bonds is 9. The van der Waals surface area contributed by atoms with E-state index in [-0.39, 0.29) is 17.4 Å². The Kier molecular flexibility index (Phi) is 10.0. The van der Waals surface area contributed by atoms with Crippen LogP contribution in [0.5, 0.6) is 0 Å². The highest BCUT2D eigenvalue weighted by atomic mass is 35.5. The Morgan fingerprint density at radius 1 is 0.825 bits per heavy atom. The van der Waals surface area contributed by atoms with Gasteiger partial charge in [-0.25, -0.2) is 0 Å². The summed E-state index contributed by atoms with van der Waals surface area (Å²) in [5.74, 6) is -0.932. The molecular weight excluding hydrogens is 565 g/mol. The molecule has 4 aromatic rings. The van der Waals surface area contributed by atoms with Crippen molar-refractivity contribution in [2.75, 3.05) is 16.4 Å².